The molecule has 1 aliphatic rings. The zero-order valence-electron chi connectivity index (χ0n) is 11.1. The molecule has 1 aromatic carbocycles. The van der Waals surface area contributed by atoms with Gasteiger partial charge < -0.3 is 5.32 Å². The molecule has 2 rings (SSSR count). The summed E-state index contributed by atoms with van der Waals surface area (Å²) >= 11 is 0. The fraction of sp³-hybridized carbons (Fsp3) is 0.538. The Bertz CT molecular complexity index is 532. The molecule has 0 aromatic heterocycles. The van der Waals surface area contributed by atoms with E-state index in [9.17, 15) is 8.42 Å². The standard InChI is InChI=1S/C13H20N2O2S/c1-13(2,3)15-12-8-5-4-7-11(12)14-9-6-10-18(15,16)17/h4-5,7-8,14H,6,9-10H2,1-3H3. The second kappa shape index (κ2) is 4.46. The molecule has 0 amide bonds. The van der Waals surface area contributed by atoms with E-state index in [0.717, 1.165) is 11.4 Å². The van der Waals surface area contributed by atoms with E-state index in [4.69, 9.17) is 0 Å². The van der Waals surface area contributed by atoms with Crippen molar-refractivity contribution in [2.75, 3.05) is 21.9 Å². The number of rotatable bonds is 0. The minimum atomic E-state index is -3.26. The largest absolute Gasteiger partial charge is 0.383 e. The molecule has 1 aromatic rings. The maximum Gasteiger partial charge on any atom is 0.235 e. The molecule has 0 bridgehead atoms. The Morgan fingerprint density at radius 3 is 2.56 bits per heavy atom. The van der Waals surface area contributed by atoms with Crippen LogP contribution in [0.4, 0.5) is 11.4 Å². The summed E-state index contributed by atoms with van der Waals surface area (Å²) in [5.41, 5.74) is 1.16. The second-order valence-electron chi connectivity index (χ2n) is 5.55. The second-order valence-corrected chi connectivity index (χ2v) is 7.49. The molecule has 1 N–H and O–H groups in total. The quantitative estimate of drug-likeness (QED) is 0.786. The number of hydrogen-bond acceptors (Lipinski definition) is 3. The monoisotopic (exact) mass is 268 g/mol. The lowest BCUT2D eigenvalue weighted by molar-refractivity contribution is 0.533. The predicted octanol–water partition coefficient (Wildman–Crippen LogP) is 2.44. The summed E-state index contributed by atoms with van der Waals surface area (Å²) in [4.78, 5) is 0. The van der Waals surface area contributed by atoms with Crippen LogP contribution in [-0.2, 0) is 10.0 Å². The SMILES string of the molecule is CC(C)(C)N1c2ccccc2NCCCS1(=O)=O. The molecule has 4 nitrogen and oxygen atoms in total. The first-order valence-electron chi connectivity index (χ1n) is 6.18. The highest BCUT2D eigenvalue weighted by molar-refractivity contribution is 7.92. The number of nitrogens with zero attached hydrogens (tertiary/aromatic N) is 1. The Kier molecular flexibility index (Phi) is 3.27. The van der Waals surface area contributed by atoms with Gasteiger partial charge in [0.15, 0.2) is 0 Å². The minimum Gasteiger partial charge on any atom is -0.383 e. The van der Waals surface area contributed by atoms with Crippen LogP contribution in [0.15, 0.2) is 24.3 Å². The van der Waals surface area contributed by atoms with E-state index in [0.29, 0.717) is 13.0 Å². The predicted molar refractivity (Wildman–Crippen MR) is 75.6 cm³/mol. The number of anilines is 2. The van der Waals surface area contributed by atoms with Crippen molar-refractivity contribution in [3.63, 3.8) is 0 Å². The van der Waals surface area contributed by atoms with Crippen LogP contribution in [-0.4, -0.2) is 26.3 Å². The summed E-state index contributed by atoms with van der Waals surface area (Å²) in [7, 11) is -3.26. The number of para-hydroxylation sites is 2. The molecule has 5 heteroatoms. The summed E-state index contributed by atoms with van der Waals surface area (Å²) < 4.78 is 26.5. The summed E-state index contributed by atoms with van der Waals surface area (Å²) in [6.07, 6.45) is 0.628. The average molecular weight is 268 g/mol. The van der Waals surface area contributed by atoms with Crippen LogP contribution in [0.2, 0.25) is 0 Å². The molecule has 0 saturated carbocycles. The van der Waals surface area contributed by atoms with Gasteiger partial charge in [0.1, 0.15) is 0 Å². The van der Waals surface area contributed by atoms with Gasteiger partial charge >= 0.3 is 0 Å². The molecule has 0 atom stereocenters. The van der Waals surface area contributed by atoms with Gasteiger partial charge in [-0.1, -0.05) is 12.1 Å². The third kappa shape index (κ3) is 2.46. The third-order valence-corrected chi connectivity index (χ3v) is 5.01. The fourth-order valence-corrected chi connectivity index (χ4v) is 4.28. The molecule has 0 aliphatic carbocycles. The lowest BCUT2D eigenvalue weighted by atomic mass is 10.1. The van der Waals surface area contributed by atoms with E-state index >= 15 is 0 Å². The van der Waals surface area contributed by atoms with Gasteiger partial charge in [0.25, 0.3) is 0 Å². The highest BCUT2D eigenvalue weighted by Crippen LogP contribution is 2.35. The van der Waals surface area contributed by atoms with Crippen LogP contribution < -0.4 is 9.62 Å². The number of benzene rings is 1. The Balaban J connectivity index is 2.63. The number of nitrogens with one attached hydrogen (secondary N) is 1. The van der Waals surface area contributed by atoms with E-state index in [1.807, 2.05) is 45.0 Å². The van der Waals surface area contributed by atoms with Crippen molar-refractivity contribution in [3.8, 4) is 0 Å². The molecule has 0 unspecified atom stereocenters. The molecule has 18 heavy (non-hydrogen) atoms. The summed E-state index contributed by atoms with van der Waals surface area (Å²) in [6, 6.07) is 7.57. The van der Waals surface area contributed by atoms with Crippen molar-refractivity contribution in [2.45, 2.75) is 32.7 Å². The van der Waals surface area contributed by atoms with Crippen LogP contribution >= 0.6 is 0 Å². The lowest BCUT2D eigenvalue weighted by Gasteiger charge is -2.38. The van der Waals surface area contributed by atoms with Crippen molar-refractivity contribution < 1.29 is 8.42 Å². The van der Waals surface area contributed by atoms with Crippen LogP contribution in [0.1, 0.15) is 27.2 Å². The Hall–Kier alpha value is -1.23. The van der Waals surface area contributed by atoms with Gasteiger partial charge in [-0.3, -0.25) is 4.31 Å². The van der Waals surface area contributed by atoms with Crippen molar-refractivity contribution in [2.24, 2.45) is 0 Å². The molecular formula is C13H20N2O2S. The van der Waals surface area contributed by atoms with Gasteiger partial charge in [-0.15, -0.1) is 0 Å². The number of fused-ring (bicyclic) bond motifs is 1. The lowest BCUT2D eigenvalue weighted by Crippen LogP contribution is -2.48. The maximum atomic E-state index is 12.5. The zero-order valence-corrected chi connectivity index (χ0v) is 11.9. The van der Waals surface area contributed by atoms with Crippen molar-refractivity contribution >= 4 is 21.4 Å². The molecular weight excluding hydrogens is 248 g/mol. The van der Waals surface area contributed by atoms with Crippen LogP contribution in [0.3, 0.4) is 0 Å². The van der Waals surface area contributed by atoms with Gasteiger partial charge in [0, 0.05) is 12.1 Å². The molecule has 0 spiro atoms. The molecule has 1 heterocycles. The van der Waals surface area contributed by atoms with Gasteiger partial charge in [0.05, 0.1) is 17.1 Å². The van der Waals surface area contributed by atoms with Gasteiger partial charge in [-0.25, -0.2) is 8.42 Å². The van der Waals surface area contributed by atoms with Gasteiger partial charge in [-0.2, -0.15) is 0 Å². The molecule has 0 radical (unpaired) electrons. The highest BCUT2D eigenvalue weighted by atomic mass is 32.2. The van der Waals surface area contributed by atoms with Crippen molar-refractivity contribution in [1.29, 1.82) is 0 Å². The summed E-state index contributed by atoms with van der Waals surface area (Å²) in [6.45, 7) is 6.45. The van der Waals surface area contributed by atoms with Gasteiger partial charge in [-0.05, 0) is 39.3 Å². The molecule has 100 valence electrons. The molecule has 1 aliphatic heterocycles. The van der Waals surface area contributed by atoms with Crippen LogP contribution in [0.5, 0.6) is 0 Å². The molecule has 0 saturated heterocycles. The zero-order chi connectivity index (χ0) is 13.4. The van der Waals surface area contributed by atoms with Crippen LogP contribution in [0.25, 0.3) is 0 Å². The minimum absolute atomic E-state index is 0.186. The van der Waals surface area contributed by atoms with Gasteiger partial charge in [0.2, 0.25) is 10.0 Å². The normalized spacial score (nSPS) is 19.4. The van der Waals surface area contributed by atoms with E-state index in [-0.39, 0.29) is 5.75 Å². The summed E-state index contributed by atoms with van der Waals surface area (Å²) in [5.74, 6) is 0.186. The average Bonchev–Trinajstić information content (AvgIpc) is 2.22. The topological polar surface area (TPSA) is 49.4 Å². The first kappa shape index (κ1) is 13.2. The fourth-order valence-electron chi connectivity index (χ4n) is 2.30. The molecule has 0 fully saturated rings. The highest BCUT2D eigenvalue weighted by Gasteiger charge is 2.34. The Morgan fingerprint density at radius 2 is 1.89 bits per heavy atom. The maximum absolute atomic E-state index is 12.5. The first-order chi connectivity index (χ1) is 8.32. The first-order valence-corrected chi connectivity index (χ1v) is 7.79. The third-order valence-electron chi connectivity index (χ3n) is 2.90. The van der Waals surface area contributed by atoms with Crippen LogP contribution in [0, 0.1) is 0 Å². The summed E-state index contributed by atoms with van der Waals surface area (Å²) in [5, 5.41) is 3.30. The van der Waals surface area contributed by atoms with E-state index in [1.54, 1.807) is 4.31 Å². The Morgan fingerprint density at radius 1 is 1.22 bits per heavy atom. The smallest absolute Gasteiger partial charge is 0.235 e. The van der Waals surface area contributed by atoms with E-state index in [1.165, 1.54) is 0 Å². The van der Waals surface area contributed by atoms with Crippen molar-refractivity contribution in [3.05, 3.63) is 24.3 Å². The van der Waals surface area contributed by atoms with E-state index < -0.39 is 15.6 Å². The number of sulfonamides is 1. The van der Waals surface area contributed by atoms with Crippen molar-refractivity contribution in [1.82, 2.24) is 0 Å². The van der Waals surface area contributed by atoms with E-state index in [2.05, 4.69) is 5.32 Å². The number of hydrogen-bond donors (Lipinski definition) is 1. The Labute approximate surface area is 109 Å².